The van der Waals surface area contributed by atoms with Crippen molar-refractivity contribution >= 4 is 5.97 Å². The van der Waals surface area contributed by atoms with Gasteiger partial charge in [0.25, 0.3) is 0 Å². The van der Waals surface area contributed by atoms with Crippen LogP contribution in [0.2, 0.25) is 0 Å². The van der Waals surface area contributed by atoms with Gasteiger partial charge in [0.1, 0.15) is 6.61 Å². The first-order valence-electron chi connectivity index (χ1n) is 4.26. The first-order chi connectivity index (χ1) is 6.72. The van der Waals surface area contributed by atoms with Gasteiger partial charge in [0.2, 0.25) is 5.89 Å². The van der Waals surface area contributed by atoms with Gasteiger partial charge in [0, 0.05) is 7.11 Å². The fourth-order valence-corrected chi connectivity index (χ4v) is 1.35. The molecule has 2 unspecified atom stereocenters. The smallest absolute Gasteiger partial charge is 0.307 e. The highest BCUT2D eigenvalue weighted by Crippen LogP contribution is 2.46. The van der Waals surface area contributed by atoms with Crippen LogP contribution in [0.1, 0.15) is 24.1 Å². The van der Waals surface area contributed by atoms with Gasteiger partial charge in [0.05, 0.1) is 11.8 Å². The predicted octanol–water partition coefficient (Wildman–Crippen LogP) is 0.404. The fourth-order valence-electron chi connectivity index (χ4n) is 1.35. The second-order valence-corrected chi connectivity index (χ2v) is 3.27. The van der Waals surface area contributed by atoms with E-state index in [0.717, 1.165) is 0 Å². The Labute approximate surface area is 79.9 Å². The molecule has 1 N–H and O–H groups in total. The lowest BCUT2D eigenvalue weighted by Crippen LogP contribution is -1.99. The van der Waals surface area contributed by atoms with Gasteiger partial charge in [-0.1, -0.05) is 5.16 Å². The minimum Gasteiger partial charge on any atom is -0.481 e. The molecule has 0 radical (unpaired) electrons. The van der Waals surface area contributed by atoms with Crippen molar-refractivity contribution < 1.29 is 19.2 Å². The number of aromatic nitrogens is 2. The normalized spacial score (nSPS) is 24.9. The number of aliphatic carboxylic acids is 1. The number of rotatable bonds is 4. The van der Waals surface area contributed by atoms with Crippen LogP contribution >= 0.6 is 0 Å². The molecule has 6 nitrogen and oxygen atoms in total. The highest BCUT2D eigenvalue weighted by Gasteiger charge is 2.48. The number of ether oxygens (including phenoxy) is 1. The summed E-state index contributed by atoms with van der Waals surface area (Å²) in [6, 6.07) is 0. The summed E-state index contributed by atoms with van der Waals surface area (Å²) in [7, 11) is 1.53. The molecule has 0 spiro atoms. The summed E-state index contributed by atoms with van der Waals surface area (Å²) >= 11 is 0. The fraction of sp³-hybridized carbons (Fsp3) is 0.625. The lowest BCUT2D eigenvalue weighted by Gasteiger charge is -1.87. The van der Waals surface area contributed by atoms with E-state index in [2.05, 4.69) is 10.1 Å². The second-order valence-electron chi connectivity index (χ2n) is 3.27. The molecule has 1 heterocycles. The van der Waals surface area contributed by atoms with Crippen LogP contribution in [0, 0.1) is 5.92 Å². The maximum Gasteiger partial charge on any atom is 0.307 e. The van der Waals surface area contributed by atoms with Gasteiger partial charge in [-0.05, 0) is 6.42 Å². The molecule has 2 rings (SSSR count). The van der Waals surface area contributed by atoms with Crippen molar-refractivity contribution in [1.29, 1.82) is 0 Å². The molecule has 1 fully saturated rings. The largest absolute Gasteiger partial charge is 0.481 e. The van der Waals surface area contributed by atoms with E-state index < -0.39 is 5.97 Å². The van der Waals surface area contributed by atoms with Gasteiger partial charge in [-0.3, -0.25) is 4.79 Å². The van der Waals surface area contributed by atoms with E-state index in [0.29, 0.717) is 18.1 Å². The number of carboxylic acids is 1. The Balaban J connectivity index is 2.01. The number of methoxy groups -OCH3 is 1. The van der Waals surface area contributed by atoms with E-state index in [9.17, 15) is 4.79 Å². The highest BCUT2D eigenvalue weighted by atomic mass is 16.5. The van der Waals surface area contributed by atoms with Gasteiger partial charge in [-0.2, -0.15) is 4.98 Å². The van der Waals surface area contributed by atoms with Crippen LogP contribution in [0.15, 0.2) is 4.52 Å². The zero-order valence-corrected chi connectivity index (χ0v) is 7.64. The monoisotopic (exact) mass is 198 g/mol. The van der Waals surface area contributed by atoms with Gasteiger partial charge >= 0.3 is 5.97 Å². The minimum absolute atomic E-state index is 0.106. The number of carbonyl (C=O) groups is 1. The summed E-state index contributed by atoms with van der Waals surface area (Å²) in [5.74, 6) is -0.402. The van der Waals surface area contributed by atoms with E-state index in [-0.39, 0.29) is 18.4 Å². The van der Waals surface area contributed by atoms with Crippen molar-refractivity contribution in [2.75, 3.05) is 7.11 Å². The van der Waals surface area contributed by atoms with E-state index in [1.165, 1.54) is 7.11 Å². The first kappa shape index (κ1) is 9.14. The Bertz CT molecular complexity index is 349. The first-order valence-corrected chi connectivity index (χ1v) is 4.26. The molecule has 1 aliphatic rings. The van der Waals surface area contributed by atoms with Gasteiger partial charge in [-0.25, -0.2) is 0 Å². The van der Waals surface area contributed by atoms with Gasteiger partial charge < -0.3 is 14.4 Å². The quantitative estimate of drug-likeness (QED) is 0.753. The van der Waals surface area contributed by atoms with Crippen molar-refractivity contribution in [3.05, 3.63) is 11.7 Å². The molecule has 6 heteroatoms. The SMILES string of the molecule is COCc1noc(C2CC2C(=O)O)n1. The van der Waals surface area contributed by atoms with Crippen LogP contribution in [0.5, 0.6) is 0 Å². The molecule has 0 saturated heterocycles. The van der Waals surface area contributed by atoms with Crippen molar-refractivity contribution in [2.45, 2.75) is 18.9 Å². The Morgan fingerprint density at radius 3 is 3.14 bits per heavy atom. The standard InChI is InChI=1S/C8H10N2O4/c1-13-3-6-9-7(14-10-6)4-2-5(4)8(11)12/h4-5H,2-3H2,1H3,(H,11,12). The minimum atomic E-state index is -0.804. The van der Waals surface area contributed by atoms with E-state index in [1.807, 2.05) is 0 Å². The van der Waals surface area contributed by atoms with Gasteiger partial charge in [-0.15, -0.1) is 0 Å². The average Bonchev–Trinajstić information content (AvgIpc) is 2.82. The Kier molecular flexibility index (Phi) is 2.20. The van der Waals surface area contributed by atoms with Gasteiger partial charge in [0.15, 0.2) is 5.82 Å². The summed E-state index contributed by atoms with van der Waals surface area (Å²) in [6.45, 7) is 0.286. The molecule has 1 aromatic rings. The van der Waals surface area contributed by atoms with Crippen molar-refractivity contribution in [3.63, 3.8) is 0 Å². The van der Waals surface area contributed by atoms with Crippen molar-refractivity contribution in [1.82, 2.24) is 10.1 Å². The van der Waals surface area contributed by atoms with Crippen LogP contribution in [-0.4, -0.2) is 28.3 Å². The number of carboxylic acid groups (broad SMARTS) is 1. The number of hydrogen-bond acceptors (Lipinski definition) is 5. The zero-order chi connectivity index (χ0) is 10.1. The third-order valence-corrected chi connectivity index (χ3v) is 2.18. The third kappa shape index (κ3) is 1.60. The molecule has 0 aromatic carbocycles. The summed E-state index contributed by atoms with van der Waals surface area (Å²) in [6.07, 6.45) is 0.587. The summed E-state index contributed by atoms with van der Waals surface area (Å²) in [4.78, 5) is 14.6. The number of hydrogen-bond donors (Lipinski definition) is 1. The Morgan fingerprint density at radius 2 is 2.57 bits per heavy atom. The lowest BCUT2D eigenvalue weighted by atomic mass is 10.3. The van der Waals surface area contributed by atoms with Crippen LogP contribution in [-0.2, 0) is 16.1 Å². The van der Waals surface area contributed by atoms with Crippen molar-refractivity contribution in [3.8, 4) is 0 Å². The maximum atomic E-state index is 10.6. The molecule has 0 amide bonds. The molecular formula is C8H10N2O4. The molecule has 76 valence electrons. The van der Waals surface area contributed by atoms with E-state index in [4.69, 9.17) is 14.4 Å². The Hall–Kier alpha value is -1.43. The zero-order valence-electron chi connectivity index (χ0n) is 7.64. The third-order valence-electron chi connectivity index (χ3n) is 2.18. The molecule has 1 aromatic heterocycles. The highest BCUT2D eigenvalue weighted by molar-refractivity contribution is 5.74. The van der Waals surface area contributed by atoms with Crippen LogP contribution in [0.4, 0.5) is 0 Å². The molecule has 1 aliphatic carbocycles. The average molecular weight is 198 g/mol. The van der Waals surface area contributed by atoms with E-state index >= 15 is 0 Å². The van der Waals surface area contributed by atoms with Crippen LogP contribution in [0.25, 0.3) is 0 Å². The molecular weight excluding hydrogens is 188 g/mol. The molecule has 2 atom stereocenters. The second kappa shape index (κ2) is 3.38. The maximum absolute atomic E-state index is 10.6. The topological polar surface area (TPSA) is 85.5 Å². The van der Waals surface area contributed by atoms with E-state index in [1.54, 1.807) is 0 Å². The van der Waals surface area contributed by atoms with Crippen LogP contribution < -0.4 is 0 Å². The lowest BCUT2D eigenvalue weighted by molar-refractivity contribution is -0.138. The Morgan fingerprint density at radius 1 is 1.79 bits per heavy atom. The van der Waals surface area contributed by atoms with Crippen molar-refractivity contribution in [2.24, 2.45) is 5.92 Å². The molecule has 0 bridgehead atoms. The summed E-state index contributed by atoms with van der Waals surface area (Å²) < 4.78 is 9.73. The predicted molar refractivity (Wildman–Crippen MR) is 43.5 cm³/mol. The van der Waals surface area contributed by atoms with Crippen LogP contribution in [0.3, 0.4) is 0 Å². The molecule has 0 aliphatic heterocycles. The molecule has 1 saturated carbocycles. The summed E-state index contributed by atoms with van der Waals surface area (Å²) in [5, 5.41) is 12.3. The molecule has 14 heavy (non-hydrogen) atoms. The summed E-state index contributed by atoms with van der Waals surface area (Å²) in [5.41, 5.74) is 0. The number of nitrogens with zero attached hydrogens (tertiary/aromatic N) is 2.